The summed E-state index contributed by atoms with van der Waals surface area (Å²) >= 11 is 3.33. The number of sulfonamides is 1. The van der Waals surface area contributed by atoms with Crippen molar-refractivity contribution in [2.24, 2.45) is 5.73 Å². The van der Waals surface area contributed by atoms with E-state index in [1.165, 1.54) is 7.11 Å². The van der Waals surface area contributed by atoms with E-state index < -0.39 is 10.0 Å². The number of aryl methyl sites for hydroxylation is 1. The predicted octanol–water partition coefficient (Wildman–Crippen LogP) is 1.78. The molecule has 7 heteroatoms. The lowest BCUT2D eigenvalue weighted by molar-refractivity contribution is 0.402. The first-order valence-electron chi connectivity index (χ1n) is 5.96. The monoisotopic (exact) mass is 350 g/mol. The van der Waals surface area contributed by atoms with Crippen molar-refractivity contribution >= 4 is 26.0 Å². The molecule has 0 bridgehead atoms. The highest BCUT2D eigenvalue weighted by Crippen LogP contribution is 2.30. The molecule has 0 fully saturated rings. The van der Waals surface area contributed by atoms with E-state index >= 15 is 0 Å². The van der Waals surface area contributed by atoms with Gasteiger partial charge in [0.15, 0.2) is 0 Å². The molecule has 1 aromatic carbocycles. The van der Waals surface area contributed by atoms with Crippen LogP contribution in [0.1, 0.15) is 18.4 Å². The molecule has 0 heterocycles. The van der Waals surface area contributed by atoms with Gasteiger partial charge in [-0.15, -0.1) is 0 Å². The quantitative estimate of drug-likeness (QED) is 0.734. The molecule has 1 aromatic rings. The predicted molar refractivity (Wildman–Crippen MR) is 78.9 cm³/mol. The fraction of sp³-hybridized carbons (Fsp3) is 0.500. The van der Waals surface area contributed by atoms with Crippen LogP contribution in [-0.4, -0.2) is 28.6 Å². The fourth-order valence-corrected chi connectivity index (χ4v) is 3.30. The van der Waals surface area contributed by atoms with Crippen molar-refractivity contribution in [3.63, 3.8) is 0 Å². The van der Waals surface area contributed by atoms with Crippen molar-refractivity contribution in [3.8, 4) is 5.75 Å². The number of hydrogen-bond donors (Lipinski definition) is 2. The first-order chi connectivity index (χ1) is 8.92. The Hall–Kier alpha value is -0.630. The Morgan fingerprint density at radius 3 is 2.63 bits per heavy atom. The summed E-state index contributed by atoms with van der Waals surface area (Å²) in [7, 11) is -2.11. The molecule has 0 saturated carbocycles. The molecule has 0 unspecified atom stereocenters. The molecule has 5 nitrogen and oxygen atoms in total. The lowest BCUT2D eigenvalue weighted by atomic mass is 10.2. The normalized spacial score (nSPS) is 11.6. The maximum atomic E-state index is 12.2. The first kappa shape index (κ1) is 16.4. The van der Waals surface area contributed by atoms with Crippen LogP contribution in [0.15, 0.2) is 21.5 Å². The lowest BCUT2D eigenvalue weighted by Gasteiger charge is -2.12. The Morgan fingerprint density at radius 1 is 1.37 bits per heavy atom. The number of halogens is 1. The van der Waals surface area contributed by atoms with E-state index in [2.05, 4.69) is 20.7 Å². The Labute approximate surface area is 122 Å². The van der Waals surface area contributed by atoms with Gasteiger partial charge < -0.3 is 10.5 Å². The van der Waals surface area contributed by atoms with Gasteiger partial charge in [-0.2, -0.15) is 0 Å². The summed E-state index contributed by atoms with van der Waals surface area (Å²) in [5, 5.41) is 0. The van der Waals surface area contributed by atoms with Crippen LogP contribution in [-0.2, 0) is 10.0 Å². The molecule has 0 aromatic heterocycles. The Kier molecular flexibility index (Phi) is 6.25. The zero-order valence-corrected chi connectivity index (χ0v) is 13.5. The van der Waals surface area contributed by atoms with Crippen LogP contribution in [0.25, 0.3) is 0 Å². The number of rotatable bonds is 7. The number of nitrogens with one attached hydrogen (secondary N) is 1. The van der Waals surface area contributed by atoms with Crippen molar-refractivity contribution in [3.05, 3.63) is 22.2 Å². The summed E-state index contributed by atoms with van der Waals surface area (Å²) in [6, 6.07) is 3.25. The van der Waals surface area contributed by atoms with Crippen LogP contribution in [0.5, 0.6) is 5.75 Å². The van der Waals surface area contributed by atoms with Crippen molar-refractivity contribution < 1.29 is 13.2 Å². The molecule has 108 valence electrons. The summed E-state index contributed by atoms with van der Waals surface area (Å²) in [5.74, 6) is 0.340. The number of ether oxygens (including phenoxy) is 1. The maximum absolute atomic E-state index is 12.2. The third-order valence-electron chi connectivity index (χ3n) is 2.66. The van der Waals surface area contributed by atoms with Gasteiger partial charge in [-0.05, 0) is 44.0 Å². The van der Waals surface area contributed by atoms with Gasteiger partial charge in [-0.3, -0.25) is 0 Å². The number of nitrogens with two attached hydrogens (primary N) is 1. The molecular formula is C12H19BrN2O3S. The minimum Gasteiger partial charge on any atom is -0.495 e. The SMILES string of the molecule is COc1cc(C)c(Br)cc1S(=O)(=O)NCCCCN. The van der Waals surface area contributed by atoms with E-state index in [0.717, 1.165) is 16.5 Å². The molecule has 3 N–H and O–H groups in total. The number of benzene rings is 1. The number of unbranched alkanes of at least 4 members (excludes halogenated alkanes) is 1. The van der Waals surface area contributed by atoms with Crippen LogP contribution in [0.4, 0.5) is 0 Å². The smallest absolute Gasteiger partial charge is 0.244 e. The highest BCUT2D eigenvalue weighted by atomic mass is 79.9. The summed E-state index contributed by atoms with van der Waals surface area (Å²) in [5.41, 5.74) is 6.28. The zero-order chi connectivity index (χ0) is 14.5. The Balaban J connectivity index is 2.97. The molecule has 0 saturated heterocycles. The average molecular weight is 351 g/mol. The fourth-order valence-electron chi connectivity index (χ4n) is 1.56. The van der Waals surface area contributed by atoms with Gasteiger partial charge in [0.2, 0.25) is 10.0 Å². The minimum absolute atomic E-state index is 0.139. The Bertz CT molecular complexity index is 532. The van der Waals surface area contributed by atoms with Crippen molar-refractivity contribution in [2.45, 2.75) is 24.7 Å². The molecule has 0 aliphatic carbocycles. The van der Waals surface area contributed by atoms with E-state index in [4.69, 9.17) is 10.5 Å². The molecule has 0 radical (unpaired) electrons. The largest absolute Gasteiger partial charge is 0.495 e. The van der Waals surface area contributed by atoms with E-state index in [-0.39, 0.29) is 4.90 Å². The second-order valence-electron chi connectivity index (χ2n) is 4.15. The van der Waals surface area contributed by atoms with E-state index in [1.54, 1.807) is 12.1 Å². The van der Waals surface area contributed by atoms with Gasteiger partial charge in [0.25, 0.3) is 0 Å². The molecule has 0 aliphatic rings. The van der Waals surface area contributed by atoms with Crippen LogP contribution in [0, 0.1) is 6.92 Å². The van der Waals surface area contributed by atoms with Crippen molar-refractivity contribution in [1.29, 1.82) is 0 Å². The maximum Gasteiger partial charge on any atom is 0.244 e. The third kappa shape index (κ3) is 4.45. The number of hydrogen-bond acceptors (Lipinski definition) is 4. The highest BCUT2D eigenvalue weighted by molar-refractivity contribution is 9.10. The highest BCUT2D eigenvalue weighted by Gasteiger charge is 2.20. The summed E-state index contributed by atoms with van der Waals surface area (Å²) < 4.78 is 32.8. The van der Waals surface area contributed by atoms with E-state index in [0.29, 0.717) is 25.3 Å². The average Bonchev–Trinajstić information content (AvgIpc) is 2.37. The molecule has 19 heavy (non-hydrogen) atoms. The van der Waals surface area contributed by atoms with Gasteiger partial charge in [0, 0.05) is 11.0 Å². The molecule has 0 spiro atoms. The number of methoxy groups -OCH3 is 1. The molecular weight excluding hydrogens is 332 g/mol. The first-order valence-corrected chi connectivity index (χ1v) is 8.24. The minimum atomic E-state index is -3.57. The van der Waals surface area contributed by atoms with Gasteiger partial charge in [-0.1, -0.05) is 15.9 Å². The summed E-state index contributed by atoms with van der Waals surface area (Å²) in [4.78, 5) is 0.139. The molecule has 0 amide bonds. The third-order valence-corrected chi connectivity index (χ3v) is 4.99. The molecule has 0 aliphatic heterocycles. The zero-order valence-electron chi connectivity index (χ0n) is 11.1. The molecule has 0 atom stereocenters. The second kappa shape index (κ2) is 7.23. The lowest BCUT2D eigenvalue weighted by Crippen LogP contribution is -2.25. The van der Waals surface area contributed by atoms with Crippen LogP contribution in [0.2, 0.25) is 0 Å². The Morgan fingerprint density at radius 2 is 2.05 bits per heavy atom. The van der Waals surface area contributed by atoms with Crippen LogP contribution >= 0.6 is 15.9 Å². The van der Waals surface area contributed by atoms with Gasteiger partial charge in [0.05, 0.1) is 7.11 Å². The molecule has 1 rings (SSSR count). The topological polar surface area (TPSA) is 81.4 Å². The summed E-state index contributed by atoms with van der Waals surface area (Å²) in [6.45, 7) is 2.80. The summed E-state index contributed by atoms with van der Waals surface area (Å²) in [6.07, 6.45) is 1.50. The van der Waals surface area contributed by atoms with Gasteiger partial charge in [-0.25, -0.2) is 13.1 Å². The second-order valence-corrected chi connectivity index (χ2v) is 6.74. The van der Waals surface area contributed by atoms with Crippen LogP contribution in [0.3, 0.4) is 0 Å². The van der Waals surface area contributed by atoms with Gasteiger partial charge >= 0.3 is 0 Å². The van der Waals surface area contributed by atoms with Gasteiger partial charge in [0.1, 0.15) is 10.6 Å². The van der Waals surface area contributed by atoms with Crippen molar-refractivity contribution in [2.75, 3.05) is 20.2 Å². The standard InChI is InChI=1S/C12H19BrN2O3S/c1-9-7-11(18-2)12(8-10(9)13)19(16,17)15-6-4-3-5-14/h7-8,15H,3-6,14H2,1-2H3. The van der Waals surface area contributed by atoms with E-state index in [1.807, 2.05) is 6.92 Å². The van der Waals surface area contributed by atoms with Crippen LogP contribution < -0.4 is 15.2 Å². The van der Waals surface area contributed by atoms with E-state index in [9.17, 15) is 8.42 Å². The van der Waals surface area contributed by atoms with Crippen molar-refractivity contribution in [1.82, 2.24) is 4.72 Å².